The average Bonchev–Trinajstić information content (AvgIpc) is 2.31. The van der Waals surface area contributed by atoms with Crippen molar-refractivity contribution in [2.24, 2.45) is 11.8 Å². The molecule has 0 aliphatic heterocycles. The topological polar surface area (TPSA) is 37.8 Å². The second kappa shape index (κ2) is 5.76. The number of nitrogens with zero attached hydrogens (tertiary/aromatic N) is 2. The number of hydrogen-bond donors (Lipinski definition) is 1. The summed E-state index contributed by atoms with van der Waals surface area (Å²) in [7, 11) is 0. The van der Waals surface area contributed by atoms with E-state index >= 15 is 0 Å². The zero-order chi connectivity index (χ0) is 14.9. The summed E-state index contributed by atoms with van der Waals surface area (Å²) in [5, 5.41) is 2.68. The molecule has 0 radical (unpaired) electrons. The summed E-state index contributed by atoms with van der Waals surface area (Å²) >= 11 is 5.57. The summed E-state index contributed by atoms with van der Waals surface area (Å²) in [5.41, 5.74) is -1.02. The predicted molar refractivity (Wildman–Crippen MR) is 71.6 cm³/mol. The molecule has 1 aromatic rings. The molecule has 0 saturated heterocycles. The minimum Gasteiger partial charge on any atom is -0.367 e. The first-order chi connectivity index (χ1) is 9.25. The number of anilines is 1. The van der Waals surface area contributed by atoms with Crippen LogP contribution in [0.25, 0.3) is 0 Å². The van der Waals surface area contributed by atoms with Crippen molar-refractivity contribution in [2.75, 3.05) is 5.32 Å². The Hall–Kier alpha value is -1.04. The van der Waals surface area contributed by atoms with Gasteiger partial charge in [0.2, 0.25) is 5.28 Å². The Bertz CT molecular complexity index is 478. The van der Waals surface area contributed by atoms with Crippen molar-refractivity contribution in [3.63, 3.8) is 0 Å². The third-order valence-corrected chi connectivity index (χ3v) is 3.92. The van der Waals surface area contributed by atoms with Crippen LogP contribution in [0.2, 0.25) is 5.28 Å². The first-order valence-corrected chi connectivity index (χ1v) is 7.02. The third-order valence-electron chi connectivity index (χ3n) is 3.75. The van der Waals surface area contributed by atoms with Gasteiger partial charge in [0.05, 0.1) is 0 Å². The predicted octanol–water partition coefficient (Wildman–Crippen LogP) is 4.39. The first kappa shape index (κ1) is 15.4. The lowest BCUT2D eigenvalue weighted by atomic mass is 9.80. The van der Waals surface area contributed by atoms with Gasteiger partial charge in [0.15, 0.2) is 5.69 Å². The van der Waals surface area contributed by atoms with E-state index in [1.54, 1.807) is 0 Å². The molecule has 0 spiro atoms. The van der Waals surface area contributed by atoms with Gasteiger partial charge < -0.3 is 5.32 Å². The molecule has 3 atom stereocenters. The van der Waals surface area contributed by atoms with E-state index in [2.05, 4.69) is 29.1 Å². The van der Waals surface area contributed by atoms with Crippen LogP contribution in [0, 0.1) is 11.8 Å². The lowest BCUT2D eigenvalue weighted by Crippen LogP contribution is -2.33. The standard InChI is InChI=1S/C13H17ClF3N3/c1-7-3-4-9(8(2)5-7)18-11-6-10(13(15,16)17)19-12(14)20-11/h6-9H,3-5H2,1-2H3,(H,18,19,20). The van der Waals surface area contributed by atoms with Crippen molar-refractivity contribution >= 4 is 17.4 Å². The van der Waals surface area contributed by atoms with Gasteiger partial charge in [-0.1, -0.05) is 13.8 Å². The lowest BCUT2D eigenvalue weighted by molar-refractivity contribution is -0.141. The highest BCUT2D eigenvalue weighted by atomic mass is 35.5. The van der Waals surface area contributed by atoms with E-state index in [0.717, 1.165) is 25.3 Å². The highest BCUT2D eigenvalue weighted by molar-refractivity contribution is 6.28. The van der Waals surface area contributed by atoms with Gasteiger partial charge in [0.1, 0.15) is 5.82 Å². The Morgan fingerprint density at radius 3 is 2.55 bits per heavy atom. The molecule has 0 aromatic carbocycles. The van der Waals surface area contributed by atoms with Crippen LogP contribution in [0.1, 0.15) is 38.8 Å². The lowest BCUT2D eigenvalue weighted by Gasteiger charge is -2.33. The van der Waals surface area contributed by atoms with Crippen molar-refractivity contribution < 1.29 is 13.2 Å². The summed E-state index contributed by atoms with van der Waals surface area (Å²) in [6.45, 7) is 4.29. The Kier molecular flexibility index (Phi) is 4.42. The highest BCUT2D eigenvalue weighted by Crippen LogP contribution is 2.33. The second-order valence-electron chi connectivity index (χ2n) is 5.55. The molecule has 0 bridgehead atoms. The number of nitrogens with one attached hydrogen (secondary N) is 1. The average molecular weight is 308 g/mol. The van der Waals surface area contributed by atoms with Crippen molar-refractivity contribution in [3.8, 4) is 0 Å². The van der Waals surface area contributed by atoms with Gasteiger partial charge >= 0.3 is 6.18 Å². The summed E-state index contributed by atoms with van der Waals surface area (Å²) in [6.07, 6.45) is -1.48. The molecule has 1 saturated carbocycles. The van der Waals surface area contributed by atoms with Crippen LogP contribution in [-0.4, -0.2) is 16.0 Å². The molecule has 1 N–H and O–H groups in total. The van der Waals surface area contributed by atoms with Gasteiger partial charge in [0.25, 0.3) is 0 Å². The van der Waals surface area contributed by atoms with E-state index in [4.69, 9.17) is 11.6 Å². The molecular weight excluding hydrogens is 291 g/mol. The molecule has 3 unspecified atom stereocenters. The van der Waals surface area contributed by atoms with E-state index in [1.807, 2.05) is 0 Å². The maximum Gasteiger partial charge on any atom is 0.433 e. The Labute approximate surface area is 120 Å². The molecule has 1 aliphatic carbocycles. The zero-order valence-corrected chi connectivity index (χ0v) is 12.1. The van der Waals surface area contributed by atoms with E-state index < -0.39 is 11.9 Å². The molecule has 7 heteroatoms. The summed E-state index contributed by atoms with van der Waals surface area (Å²) < 4.78 is 38.0. The molecule has 20 heavy (non-hydrogen) atoms. The number of hydrogen-bond acceptors (Lipinski definition) is 3. The minimum absolute atomic E-state index is 0.123. The Morgan fingerprint density at radius 2 is 1.95 bits per heavy atom. The van der Waals surface area contributed by atoms with Gasteiger partial charge in [-0.3, -0.25) is 0 Å². The smallest absolute Gasteiger partial charge is 0.367 e. The molecule has 3 nitrogen and oxygen atoms in total. The van der Waals surface area contributed by atoms with Crippen LogP contribution in [0.15, 0.2) is 6.07 Å². The fourth-order valence-electron chi connectivity index (χ4n) is 2.71. The molecule has 1 aliphatic rings. The molecular formula is C13H17ClF3N3. The number of halogens is 4. The van der Waals surface area contributed by atoms with E-state index in [1.165, 1.54) is 0 Å². The monoisotopic (exact) mass is 307 g/mol. The van der Waals surface area contributed by atoms with Gasteiger partial charge in [-0.25, -0.2) is 9.97 Å². The second-order valence-corrected chi connectivity index (χ2v) is 5.89. The molecule has 112 valence electrons. The van der Waals surface area contributed by atoms with Crippen LogP contribution in [0.3, 0.4) is 0 Å². The first-order valence-electron chi connectivity index (χ1n) is 6.64. The molecule has 1 fully saturated rings. The maximum absolute atomic E-state index is 12.7. The van der Waals surface area contributed by atoms with E-state index in [9.17, 15) is 13.2 Å². The normalized spacial score (nSPS) is 27.4. The highest BCUT2D eigenvalue weighted by Gasteiger charge is 2.34. The van der Waals surface area contributed by atoms with E-state index in [0.29, 0.717) is 11.8 Å². The van der Waals surface area contributed by atoms with Gasteiger partial charge in [-0.15, -0.1) is 0 Å². The summed E-state index contributed by atoms with van der Waals surface area (Å²) in [6, 6.07) is 1.04. The summed E-state index contributed by atoms with van der Waals surface area (Å²) in [4.78, 5) is 7.06. The van der Waals surface area contributed by atoms with E-state index in [-0.39, 0.29) is 17.1 Å². The number of alkyl halides is 3. The van der Waals surface area contributed by atoms with Gasteiger partial charge in [-0.2, -0.15) is 13.2 Å². The van der Waals surface area contributed by atoms with Crippen LogP contribution in [0.4, 0.5) is 19.0 Å². The molecule has 2 rings (SSSR count). The van der Waals surface area contributed by atoms with Crippen molar-refractivity contribution in [2.45, 2.75) is 45.3 Å². The zero-order valence-electron chi connectivity index (χ0n) is 11.3. The third kappa shape index (κ3) is 3.75. The summed E-state index contributed by atoms with van der Waals surface area (Å²) in [5.74, 6) is 1.19. The Balaban J connectivity index is 2.15. The molecule has 1 heterocycles. The van der Waals surface area contributed by atoms with Gasteiger partial charge in [0, 0.05) is 12.1 Å². The van der Waals surface area contributed by atoms with Crippen LogP contribution >= 0.6 is 11.6 Å². The minimum atomic E-state index is -4.52. The van der Waals surface area contributed by atoms with Crippen molar-refractivity contribution in [1.29, 1.82) is 0 Å². The maximum atomic E-state index is 12.7. The Morgan fingerprint density at radius 1 is 1.25 bits per heavy atom. The SMILES string of the molecule is CC1CCC(Nc2cc(C(F)(F)F)nc(Cl)n2)C(C)C1. The van der Waals surface area contributed by atoms with Crippen LogP contribution in [0.5, 0.6) is 0 Å². The quantitative estimate of drug-likeness (QED) is 0.824. The van der Waals surface area contributed by atoms with Crippen LogP contribution < -0.4 is 5.32 Å². The fraction of sp³-hybridized carbons (Fsp3) is 0.692. The van der Waals surface area contributed by atoms with Crippen molar-refractivity contribution in [1.82, 2.24) is 9.97 Å². The molecule has 0 amide bonds. The van der Waals surface area contributed by atoms with Crippen LogP contribution in [-0.2, 0) is 6.18 Å². The number of rotatable bonds is 2. The van der Waals surface area contributed by atoms with Gasteiger partial charge in [-0.05, 0) is 42.7 Å². The largest absolute Gasteiger partial charge is 0.433 e. The molecule has 1 aromatic heterocycles. The van der Waals surface area contributed by atoms with Crippen molar-refractivity contribution in [3.05, 3.63) is 17.0 Å². The fourth-order valence-corrected chi connectivity index (χ4v) is 2.89. The number of aromatic nitrogens is 2.